The summed E-state index contributed by atoms with van der Waals surface area (Å²) in [5.74, 6) is -0.798. The second-order valence-corrected chi connectivity index (χ2v) is 5.36. The first kappa shape index (κ1) is 13.4. The largest absolute Gasteiger partial charge is 0.480 e. The molecule has 1 heterocycles. The van der Waals surface area contributed by atoms with Crippen LogP contribution in [0, 0.1) is 5.92 Å². The molecular weight excluding hydrogens is 298 g/mol. The Labute approximate surface area is 114 Å². The van der Waals surface area contributed by atoms with Gasteiger partial charge in [0.05, 0.1) is 6.61 Å². The highest BCUT2D eigenvalue weighted by Crippen LogP contribution is 2.22. The van der Waals surface area contributed by atoms with Crippen molar-refractivity contribution in [3.05, 3.63) is 28.7 Å². The average Bonchev–Trinajstić information content (AvgIpc) is 2.38. The van der Waals surface area contributed by atoms with E-state index in [1.807, 2.05) is 24.3 Å². The molecule has 0 aromatic heterocycles. The van der Waals surface area contributed by atoms with Crippen LogP contribution in [0.1, 0.15) is 12.8 Å². The molecule has 1 saturated heterocycles. The van der Waals surface area contributed by atoms with E-state index in [0.29, 0.717) is 6.61 Å². The predicted molar refractivity (Wildman–Crippen MR) is 72.7 cm³/mol. The number of halogens is 1. The molecular formula is C13H16BrNO3. The maximum Gasteiger partial charge on any atom is 0.326 e. The summed E-state index contributed by atoms with van der Waals surface area (Å²) in [5, 5.41) is 12.4. The fourth-order valence-electron chi connectivity index (χ4n) is 2.14. The molecule has 1 aromatic rings. The fraction of sp³-hybridized carbons (Fsp3) is 0.462. The lowest BCUT2D eigenvalue weighted by molar-refractivity contribution is -0.140. The molecule has 1 aliphatic rings. The molecule has 1 aliphatic heterocycles. The molecule has 0 spiro atoms. The number of hydrogen-bond acceptors (Lipinski definition) is 3. The van der Waals surface area contributed by atoms with Crippen LogP contribution >= 0.6 is 15.9 Å². The van der Waals surface area contributed by atoms with Gasteiger partial charge in [0.25, 0.3) is 0 Å². The Balaban J connectivity index is 2.05. The minimum Gasteiger partial charge on any atom is -0.480 e. The standard InChI is InChI=1S/C13H16BrNO3/c14-10-3-5-11(6-4-10)15-12(13(16)17)9-2-1-7-18-8-9/h3-6,9,12,15H,1-2,7-8H2,(H,16,17). The van der Waals surface area contributed by atoms with E-state index in [0.717, 1.165) is 29.6 Å². The lowest BCUT2D eigenvalue weighted by Gasteiger charge is -2.28. The van der Waals surface area contributed by atoms with Crippen molar-refractivity contribution < 1.29 is 14.6 Å². The third-order valence-corrected chi connectivity index (χ3v) is 3.63. The van der Waals surface area contributed by atoms with Crippen molar-refractivity contribution in [1.29, 1.82) is 0 Å². The van der Waals surface area contributed by atoms with E-state index >= 15 is 0 Å². The Hall–Kier alpha value is -1.07. The van der Waals surface area contributed by atoms with Crippen LogP contribution in [-0.2, 0) is 9.53 Å². The minimum absolute atomic E-state index is 0.0277. The number of benzene rings is 1. The van der Waals surface area contributed by atoms with E-state index in [9.17, 15) is 9.90 Å². The normalized spacial score (nSPS) is 21.3. The molecule has 0 amide bonds. The van der Waals surface area contributed by atoms with Gasteiger partial charge >= 0.3 is 5.97 Å². The predicted octanol–water partition coefficient (Wildman–Crippen LogP) is 2.74. The van der Waals surface area contributed by atoms with Crippen LogP contribution in [0.5, 0.6) is 0 Å². The molecule has 2 rings (SSSR count). The van der Waals surface area contributed by atoms with Gasteiger partial charge in [-0.1, -0.05) is 15.9 Å². The summed E-state index contributed by atoms with van der Waals surface area (Å²) < 4.78 is 6.33. The first-order valence-corrected chi connectivity index (χ1v) is 6.79. The number of nitrogens with one attached hydrogen (secondary N) is 1. The van der Waals surface area contributed by atoms with Crippen molar-refractivity contribution in [3.63, 3.8) is 0 Å². The smallest absolute Gasteiger partial charge is 0.326 e. The van der Waals surface area contributed by atoms with Crippen LogP contribution in [-0.4, -0.2) is 30.3 Å². The third kappa shape index (κ3) is 3.46. The zero-order chi connectivity index (χ0) is 13.0. The van der Waals surface area contributed by atoms with Gasteiger partial charge in [-0.15, -0.1) is 0 Å². The molecule has 1 fully saturated rings. The van der Waals surface area contributed by atoms with Crippen LogP contribution in [0.25, 0.3) is 0 Å². The van der Waals surface area contributed by atoms with Crippen LogP contribution < -0.4 is 5.32 Å². The minimum atomic E-state index is -0.826. The van der Waals surface area contributed by atoms with Crippen molar-refractivity contribution in [1.82, 2.24) is 0 Å². The topological polar surface area (TPSA) is 58.6 Å². The Bertz CT molecular complexity index is 401. The number of carboxylic acid groups (broad SMARTS) is 1. The molecule has 98 valence electrons. The van der Waals surface area contributed by atoms with E-state index < -0.39 is 12.0 Å². The highest BCUT2D eigenvalue weighted by atomic mass is 79.9. The number of hydrogen-bond donors (Lipinski definition) is 2. The molecule has 0 aliphatic carbocycles. The molecule has 2 atom stereocenters. The molecule has 5 heteroatoms. The molecule has 2 N–H and O–H groups in total. The van der Waals surface area contributed by atoms with E-state index in [1.54, 1.807) is 0 Å². The summed E-state index contributed by atoms with van der Waals surface area (Å²) in [5.41, 5.74) is 0.816. The van der Waals surface area contributed by atoms with Gasteiger partial charge in [-0.2, -0.15) is 0 Å². The molecule has 2 unspecified atom stereocenters. The number of ether oxygens (including phenoxy) is 1. The monoisotopic (exact) mass is 313 g/mol. The third-order valence-electron chi connectivity index (χ3n) is 3.10. The van der Waals surface area contributed by atoms with Crippen LogP contribution in [0.2, 0.25) is 0 Å². The maximum atomic E-state index is 11.3. The Morgan fingerprint density at radius 3 is 2.72 bits per heavy atom. The summed E-state index contributed by atoms with van der Waals surface area (Å²) >= 11 is 3.35. The van der Waals surface area contributed by atoms with Crippen molar-refractivity contribution in [3.8, 4) is 0 Å². The van der Waals surface area contributed by atoms with Crippen LogP contribution in [0.15, 0.2) is 28.7 Å². The van der Waals surface area contributed by atoms with Gasteiger partial charge in [0, 0.05) is 22.7 Å². The second-order valence-electron chi connectivity index (χ2n) is 4.44. The summed E-state index contributed by atoms with van der Waals surface area (Å²) in [6.45, 7) is 1.25. The molecule has 0 saturated carbocycles. The zero-order valence-corrected chi connectivity index (χ0v) is 11.5. The first-order chi connectivity index (χ1) is 8.66. The molecule has 0 radical (unpaired) electrons. The number of rotatable bonds is 4. The van der Waals surface area contributed by atoms with E-state index in [2.05, 4.69) is 21.2 Å². The average molecular weight is 314 g/mol. The maximum absolute atomic E-state index is 11.3. The van der Waals surface area contributed by atoms with Gasteiger partial charge in [-0.05, 0) is 37.1 Å². The quantitative estimate of drug-likeness (QED) is 0.897. The van der Waals surface area contributed by atoms with Crippen LogP contribution in [0.4, 0.5) is 5.69 Å². The Kier molecular flexibility index (Phi) is 4.60. The second kappa shape index (κ2) is 6.20. The molecule has 18 heavy (non-hydrogen) atoms. The van der Waals surface area contributed by atoms with Crippen molar-refractivity contribution in [2.24, 2.45) is 5.92 Å². The van der Waals surface area contributed by atoms with Crippen molar-refractivity contribution in [2.75, 3.05) is 18.5 Å². The lowest BCUT2D eigenvalue weighted by atomic mass is 9.93. The molecule has 0 bridgehead atoms. The number of carbonyl (C=O) groups is 1. The van der Waals surface area contributed by atoms with Gasteiger partial charge in [-0.3, -0.25) is 0 Å². The van der Waals surface area contributed by atoms with Gasteiger partial charge in [0.1, 0.15) is 6.04 Å². The zero-order valence-electron chi connectivity index (χ0n) is 9.93. The highest BCUT2D eigenvalue weighted by molar-refractivity contribution is 9.10. The van der Waals surface area contributed by atoms with Crippen molar-refractivity contribution in [2.45, 2.75) is 18.9 Å². The van der Waals surface area contributed by atoms with Gasteiger partial charge in [0.2, 0.25) is 0 Å². The van der Waals surface area contributed by atoms with Gasteiger partial charge in [0.15, 0.2) is 0 Å². The van der Waals surface area contributed by atoms with Crippen LogP contribution in [0.3, 0.4) is 0 Å². The summed E-state index contributed by atoms with van der Waals surface area (Å²) in [4.78, 5) is 11.3. The SMILES string of the molecule is O=C(O)C(Nc1ccc(Br)cc1)C1CCCOC1. The Morgan fingerprint density at radius 1 is 1.44 bits per heavy atom. The van der Waals surface area contributed by atoms with Gasteiger partial charge in [-0.25, -0.2) is 4.79 Å². The van der Waals surface area contributed by atoms with Gasteiger partial charge < -0.3 is 15.2 Å². The number of carboxylic acids is 1. The molecule has 1 aromatic carbocycles. The van der Waals surface area contributed by atoms with E-state index in [4.69, 9.17) is 4.74 Å². The lowest BCUT2D eigenvalue weighted by Crippen LogP contribution is -2.40. The number of anilines is 1. The number of aliphatic carboxylic acids is 1. The summed E-state index contributed by atoms with van der Waals surface area (Å²) in [6.07, 6.45) is 1.82. The highest BCUT2D eigenvalue weighted by Gasteiger charge is 2.29. The summed E-state index contributed by atoms with van der Waals surface area (Å²) in [6, 6.07) is 6.91. The van der Waals surface area contributed by atoms with E-state index in [-0.39, 0.29) is 5.92 Å². The fourth-order valence-corrected chi connectivity index (χ4v) is 2.40. The van der Waals surface area contributed by atoms with Crippen molar-refractivity contribution >= 4 is 27.6 Å². The Morgan fingerprint density at radius 2 is 2.17 bits per heavy atom. The summed E-state index contributed by atoms with van der Waals surface area (Å²) in [7, 11) is 0. The molecule has 4 nitrogen and oxygen atoms in total. The van der Waals surface area contributed by atoms with E-state index in [1.165, 1.54) is 0 Å². The first-order valence-electron chi connectivity index (χ1n) is 5.99.